The molecule has 0 radical (unpaired) electrons. The average Bonchev–Trinajstić information content (AvgIpc) is 3.48. The van der Waals surface area contributed by atoms with Gasteiger partial charge in [-0.25, -0.2) is 4.98 Å². The molecule has 4 aromatic rings. The van der Waals surface area contributed by atoms with Crippen molar-refractivity contribution in [3.05, 3.63) is 81.4 Å². The number of hydrogen-bond donors (Lipinski definition) is 1. The van der Waals surface area contributed by atoms with Gasteiger partial charge in [-0.15, -0.1) is 11.3 Å². The predicted molar refractivity (Wildman–Crippen MR) is 133 cm³/mol. The van der Waals surface area contributed by atoms with Gasteiger partial charge in [-0.1, -0.05) is 23.7 Å². The van der Waals surface area contributed by atoms with Crippen LogP contribution in [-0.4, -0.2) is 28.9 Å². The normalized spacial score (nSPS) is 13.4. The number of rotatable bonds is 5. The monoisotopic (exact) mass is 478 g/mol. The Balaban J connectivity index is 1.38. The number of thiazole rings is 1. The Morgan fingerprint density at radius 1 is 1.09 bits per heavy atom. The number of fused-ring (bicyclic) bond motifs is 1. The van der Waals surface area contributed by atoms with Crippen LogP contribution in [-0.2, 0) is 0 Å². The van der Waals surface area contributed by atoms with Crippen molar-refractivity contribution >= 4 is 56.1 Å². The summed E-state index contributed by atoms with van der Waals surface area (Å²) in [7, 11) is 0. The molecular formula is C24H19ClN4O3S. The zero-order valence-electron chi connectivity index (χ0n) is 17.5. The van der Waals surface area contributed by atoms with Crippen molar-refractivity contribution in [2.45, 2.75) is 12.8 Å². The highest BCUT2D eigenvalue weighted by atomic mass is 35.5. The summed E-state index contributed by atoms with van der Waals surface area (Å²) in [5, 5.41) is 15.7. The third-order valence-electron chi connectivity index (χ3n) is 5.63. The van der Waals surface area contributed by atoms with E-state index < -0.39 is 10.8 Å². The molecule has 166 valence electrons. The van der Waals surface area contributed by atoms with E-state index in [0.29, 0.717) is 16.4 Å². The number of nitrogens with one attached hydrogen (secondary N) is 1. The van der Waals surface area contributed by atoms with Crippen molar-refractivity contribution < 1.29 is 9.72 Å². The molecule has 0 spiro atoms. The van der Waals surface area contributed by atoms with Crippen molar-refractivity contribution in [3.63, 3.8) is 0 Å². The van der Waals surface area contributed by atoms with Gasteiger partial charge in [0.2, 0.25) is 0 Å². The molecule has 9 heteroatoms. The van der Waals surface area contributed by atoms with Crippen LogP contribution in [0.4, 0.5) is 17.1 Å². The van der Waals surface area contributed by atoms with Crippen molar-refractivity contribution in [2.24, 2.45) is 0 Å². The second kappa shape index (κ2) is 8.80. The molecule has 5 rings (SSSR count). The Morgan fingerprint density at radius 2 is 1.88 bits per heavy atom. The van der Waals surface area contributed by atoms with Crippen LogP contribution in [0.1, 0.15) is 23.2 Å². The number of halogens is 1. The van der Waals surface area contributed by atoms with Crippen molar-refractivity contribution in [3.8, 4) is 10.6 Å². The predicted octanol–water partition coefficient (Wildman–Crippen LogP) is 6.38. The first-order chi connectivity index (χ1) is 16.0. The molecule has 1 aliphatic heterocycles. The standard InChI is InChI=1S/C24H19ClN4O3S/c25-18-14-16(8-9-17(18)24-27-19-5-1-2-6-22(19)33-24)26-23(30)15-7-10-20(21(13-15)29(31)32)28-11-3-4-12-28/h1-2,5-10,13-14H,3-4,11-12H2,(H,26,30). The largest absolute Gasteiger partial charge is 0.366 e. The number of anilines is 2. The highest BCUT2D eigenvalue weighted by Crippen LogP contribution is 2.36. The number of nitro groups is 1. The maximum absolute atomic E-state index is 12.8. The first-order valence-corrected chi connectivity index (χ1v) is 11.7. The SMILES string of the molecule is O=C(Nc1ccc(-c2nc3ccccc3s2)c(Cl)c1)c1ccc(N2CCCC2)c([N+](=O)[O-])c1. The molecule has 0 saturated carbocycles. The van der Waals surface area contributed by atoms with E-state index in [0.717, 1.165) is 46.7 Å². The summed E-state index contributed by atoms with van der Waals surface area (Å²) in [6, 6.07) is 17.7. The van der Waals surface area contributed by atoms with Crippen LogP contribution in [0.5, 0.6) is 0 Å². The van der Waals surface area contributed by atoms with E-state index in [1.165, 1.54) is 6.07 Å². The molecule has 0 atom stereocenters. The van der Waals surface area contributed by atoms with Gasteiger partial charge in [0.15, 0.2) is 0 Å². The van der Waals surface area contributed by atoms with Gasteiger partial charge >= 0.3 is 0 Å². The van der Waals surface area contributed by atoms with E-state index in [4.69, 9.17) is 11.6 Å². The number of carbonyl (C=O) groups is 1. The van der Waals surface area contributed by atoms with Gasteiger partial charge < -0.3 is 10.2 Å². The summed E-state index contributed by atoms with van der Waals surface area (Å²) >= 11 is 8.05. The van der Waals surface area contributed by atoms with Crippen LogP contribution in [0, 0.1) is 10.1 Å². The molecule has 7 nitrogen and oxygen atoms in total. The van der Waals surface area contributed by atoms with Crippen LogP contribution in [0.15, 0.2) is 60.7 Å². The minimum absolute atomic E-state index is 0.0613. The number of para-hydroxylation sites is 1. The maximum Gasteiger partial charge on any atom is 0.293 e. The Hall–Kier alpha value is -3.49. The molecule has 0 aliphatic carbocycles. The lowest BCUT2D eigenvalue weighted by Gasteiger charge is -2.17. The van der Waals surface area contributed by atoms with E-state index in [9.17, 15) is 14.9 Å². The molecule has 33 heavy (non-hydrogen) atoms. The third-order valence-corrected chi connectivity index (χ3v) is 7.01. The van der Waals surface area contributed by atoms with Gasteiger partial charge in [0.1, 0.15) is 10.7 Å². The number of benzene rings is 3. The first kappa shape index (κ1) is 21.4. The summed E-state index contributed by atoms with van der Waals surface area (Å²) < 4.78 is 1.07. The summed E-state index contributed by atoms with van der Waals surface area (Å²) in [5.41, 5.74) is 2.90. The Bertz CT molecular complexity index is 1350. The van der Waals surface area contributed by atoms with Gasteiger partial charge in [0.05, 0.1) is 20.2 Å². The van der Waals surface area contributed by atoms with Gasteiger partial charge in [-0.3, -0.25) is 14.9 Å². The van der Waals surface area contributed by atoms with E-state index in [-0.39, 0.29) is 11.3 Å². The molecule has 3 aromatic carbocycles. The number of nitro benzene ring substituents is 1. The van der Waals surface area contributed by atoms with Gasteiger partial charge in [-0.2, -0.15) is 0 Å². The molecule has 1 aromatic heterocycles. The Kier molecular flexibility index (Phi) is 5.70. The van der Waals surface area contributed by atoms with Gasteiger partial charge in [-0.05, 0) is 55.3 Å². The minimum atomic E-state index is -0.436. The van der Waals surface area contributed by atoms with E-state index in [1.807, 2.05) is 35.2 Å². The molecule has 1 amide bonds. The number of nitrogens with zero attached hydrogens (tertiary/aromatic N) is 3. The van der Waals surface area contributed by atoms with Crippen molar-refractivity contribution in [1.29, 1.82) is 0 Å². The van der Waals surface area contributed by atoms with Crippen LogP contribution in [0.3, 0.4) is 0 Å². The highest BCUT2D eigenvalue weighted by molar-refractivity contribution is 7.21. The number of amides is 1. The number of aromatic nitrogens is 1. The first-order valence-electron chi connectivity index (χ1n) is 10.5. The summed E-state index contributed by atoms with van der Waals surface area (Å²) in [6.07, 6.45) is 2.01. The van der Waals surface area contributed by atoms with Crippen LogP contribution >= 0.6 is 22.9 Å². The van der Waals surface area contributed by atoms with Crippen molar-refractivity contribution in [2.75, 3.05) is 23.3 Å². The molecule has 1 saturated heterocycles. The third kappa shape index (κ3) is 4.27. The van der Waals surface area contributed by atoms with E-state index in [1.54, 1.807) is 35.6 Å². The molecule has 1 fully saturated rings. The van der Waals surface area contributed by atoms with E-state index >= 15 is 0 Å². The zero-order valence-corrected chi connectivity index (χ0v) is 19.0. The number of carbonyl (C=O) groups excluding carboxylic acids is 1. The van der Waals surface area contributed by atoms with Crippen LogP contribution in [0.25, 0.3) is 20.8 Å². The van der Waals surface area contributed by atoms with E-state index in [2.05, 4.69) is 10.3 Å². The smallest absolute Gasteiger partial charge is 0.293 e. The average molecular weight is 479 g/mol. The fourth-order valence-electron chi connectivity index (χ4n) is 3.99. The summed E-state index contributed by atoms with van der Waals surface area (Å²) in [4.78, 5) is 30.6. The lowest BCUT2D eigenvalue weighted by Crippen LogP contribution is -2.19. The Labute approximate surface area is 198 Å². The van der Waals surface area contributed by atoms with Gasteiger partial charge in [0, 0.05) is 36.0 Å². The summed E-state index contributed by atoms with van der Waals surface area (Å²) in [5.74, 6) is -0.435. The maximum atomic E-state index is 12.8. The second-order valence-corrected chi connectivity index (χ2v) is 9.23. The zero-order chi connectivity index (χ0) is 22.9. The molecule has 1 N–H and O–H groups in total. The van der Waals surface area contributed by atoms with Crippen LogP contribution < -0.4 is 10.2 Å². The quantitative estimate of drug-likeness (QED) is 0.265. The highest BCUT2D eigenvalue weighted by Gasteiger charge is 2.24. The minimum Gasteiger partial charge on any atom is -0.366 e. The molecular weight excluding hydrogens is 460 g/mol. The fourth-order valence-corrected chi connectivity index (χ4v) is 5.32. The summed E-state index contributed by atoms with van der Waals surface area (Å²) in [6.45, 7) is 1.57. The van der Waals surface area contributed by atoms with Crippen LogP contribution in [0.2, 0.25) is 5.02 Å². The lowest BCUT2D eigenvalue weighted by atomic mass is 10.1. The topological polar surface area (TPSA) is 88.4 Å². The fraction of sp³-hybridized carbons (Fsp3) is 0.167. The molecule has 1 aliphatic rings. The van der Waals surface area contributed by atoms with Gasteiger partial charge in [0.25, 0.3) is 11.6 Å². The molecule has 0 bridgehead atoms. The lowest BCUT2D eigenvalue weighted by molar-refractivity contribution is -0.384. The molecule has 0 unspecified atom stereocenters. The van der Waals surface area contributed by atoms with Crippen molar-refractivity contribution in [1.82, 2.24) is 4.98 Å². The second-order valence-electron chi connectivity index (χ2n) is 7.79. The molecule has 2 heterocycles. The Morgan fingerprint density at radius 3 is 2.61 bits per heavy atom. The number of hydrogen-bond acceptors (Lipinski definition) is 6.